The highest BCUT2D eigenvalue weighted by molar-refractivity contribution is 5.70. The van der Waals surface area contributed by atoms with E-state index in [1.165, 1.54) is 263 Å². The Bertz CT molecular complexity index is 1730. The third-order valence-electron chi connectivity index (χ3n) is 17.4. The molecule has 0 heterocycles. The van der Waals surface area contributed by atoms with Crippen molar-refractivity contribution in [2.75, 3.05) is 47.5 Å². The minimum absolute atomic E-state index is 0.145. The SMILES string of the molecule is CC/C=C\C/C=C\C/C=C\C/C=C\C/C=C\CCCCCCCCCCCC(=O)OC(COC(=O)CCCCCCCCCCCCCCCCCCCCCCCCCCCCCCC/C=C\CCCCCCCCCC)COC(OCC[N+](C)(C)C)C(=O)[O-]. The zero-order valence-corrected chi connectivity index (χ0v) is 60.7. The molecule has 0 fully saturated rings. The monoisotopic (exact) mass is 1280 g/mol. The van der Waals surface area contributed by atoms with E-state index in [0.717, 1.165) is 77.0 Å². The highest BCUT2D eigenvalue weighted by atomic mass is 16.7. The molecule has 0 aliphatic rings. The third-order valence-corrected chi connectivity index (χ3v) is 17.4. The molecular formula is C82H149NO8. The summed E-state index contributed by atoms with van der Waals surface area (Å²) in [4.78, 5) is 37.5. The molecule has 2 unspecified atom stereocenters. The van der Waals surface area contributed by atoms with Crippen LogP contribution in [0, 0.1) is 0 Å². The van der Waals surface area contributed by atoms with E-state index in [0.29, 0.717) is 23.9 Å². The number of esters is 2. The lowest BCUT2D eigenvalue weighted by Gasteiger charge is -2.26. The normalized spacial score (nSPS) is 13.0. The number of aliphatic carboxylic acids is 1. The molecule has 0 spiro atoms. The molecule has 0 saturated carbocycles. The van der Waals surface area contributed by atoms with Gasteiger partial charge in [0.2, 0.25) is 0 Å². The molecule has 91 heavy (non-hydrogen) atoms. The van der Waals surface area contributed by atoms with Gasteiger partial charge in [-0.3, -0.25) is 9.59 Å². The summed E-state index contributed by atoms with van der Waals surface area (Å²) < 4.78 is 22.8. The molecule has 0 aliphatic carbocycles. The van der Waals surface area contributed by atoms with Crippen molar-refractivity contribution in [1.29, 1.82) is 0 Å². The number of nitrogens with zero attached hydrogens (tertiary/aromatic N) is 1. The van der Waals surface area contributed by atoms with Crippen LogP contribution < -0.4 is 5.11 Å². The van der Waals surface area contributed by atoms with Gasteiger partial charge in [-0.1, -0.05) is 350 Å². The number of hydrogen-bond donors (Lipinski definition) is 0. The van der Waals surface area contributed by atoms with Gasteiger partial charge in [-0.15, -0.1) is 0 Å². The number of carboxylic acids is 1. The first kappa shape index (κ1) is 87.7. The van der Waals surface area contributed by atoms with Crippen molar-refractivity contribution in [1.82, 2.24) is 0 Å². The van der Waals surface area contributed by atoms with Crippen LogP contribution >= 0.6 is 0 Å². The number of likely N-dealkylation sites (N-methyl/N-ethyl adjacent to an activating group) is 1. The molecule has 0 aromatic heterocycles. The third kappa shape index (κ3) is 74.0. The highest BCUT2D eigenvalue weighted by Gasteiger charge is 2.22. The Labute approximate surface area is 564 Å². The molecule has 9 nitrogen and oxygen atoms in total. The van der Waals surface area contributed by atoms with Gasteiger partial charge >= 0.3 is 11.9 Å². The average Bonchev–Trinajstić information content (AvgIpc) is 3.46. The summed E-state index contributed by atoms with van der Waals surface area (Å²) in [7, 11) is 5.94. The van der Waals surface area contributed by atoms with E-state index in [9.17, 15) is 19.5 Å². The Morgan fingerprint density at radius 2 is 0.626 bits per heavy atom. The molecule has 530 valence electrons. The molecule has 0 rings (SSSR count). The molecule has 0 aromatic carbocycles. The predicted octanol–water partition coefficient (Wildman–Crippen LogP) is 23.5. The maximum absolute atomic E-state index is 12.9. The van der Waals surface area contributed by atoms with Gasteiger partial charge in [-0.2, -0.15) is 0 Å². The number of unbranched alkanes of at least 4 members (excludes halogenated alkanes) is 46. The Morgan fingerprint density at radius 1 is 0.341 bits per heavy atom. The number of carboxylic acid groups (broad SMARTS) is 1. The minimum Gasteiger partial charge on any atom is -0.545 e. The fourth-order valence-electron chi connectivity index (χ4n) is 11.5. The van der Waals surface area contributed by atoms with Crippen LogP contribution in [0.2, 0.25) is 0 Å². The maximum atomic E-state index is 12.9. The Kier molecular flexibility index (Phi) is 69.9. The van der Waals surface area contributed by atoms with Crippen LogP contribution in [0.5, 0.6) is 0 Å². The van der Waals surface area contributed by atoms with Crippen molar-refractivity contribution in [2.24, 2.45) is 0 Å². The standard InChI is InChI=1S/C82H149NO8/c1-6-8-10-12-14-16-18-20-22-24-26-28-30-32-33-34-35-36-37-38-39-40-41-42-43-44-45-46-47-49-50-52-54-56-58-60-62-64-66-68-70-72-79(84)89-76-78(77-90-82(81(86)87)88-75-74-83(3,4)5)91-80(85)73-71-69-67-65-63-61-59-57-55-53-51-48-31-29-27-25-23-21-19-17-15-13-11-9-7-2/h9,11,15,17,21,23-24,26-27,29,48,51,78,82H,6-8,10,12-14,16,18-20,22,25,28,30-47,49-50,52-77H2,1-5H3/b11-9-,17-15-,23-21-,26-24-,29-27-,51-48-. The number of ether oxygens (including phenoxy) is 4. The first-order chi connectivity index (χ1) is 44.6. The number of hydrogen-bond acceptors (Lipinski definition) is 8. The molecule has 0 aromatic rings. The van der Waals surface area contributed by atoms with E-state index < -0.39 is 24.3 Å². The maximum Gasteiger partial charge on any atom is 0.306 e. The number of allylic oxidation sites excluding steroid dienone is 12. The molecule has 9 heteroatoms. The molecule has 0 amide bonds. The van der Waals surface area contributed by atoms with Crippen molar-refractivity contribution in [2.45, 2.75) is 386 Å². The minimum atomic E-state index is -1.63. The number of rotatable bonds is 73. The predicted molar refractivity (Wildman–Crippen MR) is 389 cm³/mol. The number of carbonyl (C=O) groups is 3. The van der Waals surface area contributed by atoms with Crippen molar-refractivity contribution in [3.05, 3.63) is 72.9 Å². The van der Waals surface area contributed by atoms with Gasteiger partial charge in [0.15, 0.2) is 12.4 Å². The largest absolute Gasteiger partial charge is 0.545 e. The number of quaternary nitrogens is 1. The molecule has 0 bridgehead atoms. The zero-order valence-electron chi connectivity index (χ0n) is 60.7. The van der Waals surface area contributed by atoms with E-state index in [2.05, 4.69) is 86.8 Å². The van der Waals surface area contributed by atoms with Crippen LogP contribution in [0.25, 0.3) is 0 Å². The summed E-state index contributed by atoms with van der Waals surface area (Å²) in [6.07, 6.45) is 94.6. The van der Waals surface area contributed by atoms with Crippen LogP contribution in [0.1, 0.15) is 373 Å². The Hall–Kier alpha value is -3.27. The van der Waals surface area contributed by atoms with Gasteiger partial charge in [0, 0.05) is 12.8 Å². The van der Waals surface area contributed by atoms with Gasteiger partial charge < -0.3 is 33.3 Å². The van der Waals surface area contributed by atoms with Gasteiger partial charge in [0.25, 0.3) is 0 Å². The van der Waals surface area contributed by atoms with Crippen molar-refractivity contribution < 1.29 is 42.9 Å². The van der Waals surface area contributed by atoms with Crippen LogP contribution in [0.4, 0.5) is 0 Å². The lowest BCUT2D eigenvalue weighted by Crippen LogP contribution is -2.44. The van der Waals surface area contributed by atoms with Gasteiger partial charge in [0.05, 0.1) is 40.3 Å². The van der Waals surface area contributed by atoms with Crippen LogP contribution in [-0.4, -0.2) is 82.3 Å². The van der Waals surface area contributed by atoms with E-state index in [1.807, 2.05) is 21.1 Å². The fraction of sp³-hybridized carbons (Fsp3) is 0.817. The second kappa shape index (κ2) is 72.6. The van der Waals surface area contributed by atoms with Crippen molar-refractivity contribution >= 4 is 17.9 Å². The summed E-state index contributed by atoms with van der Waals surface area (Å²) in [5.74, 6) is -2.27. The fourth-order valence-corrected chi connectivity index (χ4v) is 11.5. The smallest absolute Gasteiger partial charge is 0.306 e. The summed E-state index contributed by atoms with van der Waals surface area (Å²) in [5, 5.41) is 11.8. The summed E-state index contributed by atoms with van der Waals surface area (Å²) in [6.45, 7) is 4.67. The Morgan fingerprint density at radius 3 is 0.945 bits per heavy atom. The quantitative estimate of drug-likeness (QED) is 0.0195. The van der Waals surface area contributed by atoms with E-state index in [4.69, 9.17) is 18.9 Å². The molecule has 0 radical (unpaired) electrons. The van der Waals surface area contributed by atoms with Crippen LogP contribution in [0.3, 0.4) is 0 Å². The summed E-state index contributed by atoms with van der Waals surface area (Å²) >= 11 is 0. The Balaban J connectivity index is 3.95. The van der Waals surface area contributed by atoms with Gasteiger partial charge in [0.1, 0.15) is 13.2 Å². The first-order valence-corrected chi connectivity index (χ1v) is 39.1. The highest BCUT2D eigenvalue weighted by Crippen LogP contribution is 2.19. The second-order valence-electron chi connectivity index (χ2n) is 27.6. The van der Waals surface area contributed by atoms with E-state index in [-0.39, 0.29) is 32.2 Å². The van der Waals surface area contributed by atoms with Crippen molar-refractivity contribution in [3.63, 3.8) is 0 Å². The topological polar surface area (TPSA) is 111 Å². The lowest BCUT2D eigenvalue weighted by molar-refractivity contribution is -0.870. The molecule has 0 aliphatic heterocycles. The van der Waals surface area contributed by atoms with Crippen LogP contribution in [-0.2, 0) is 33.3 Å². The number of carbonyl (C=O) groups excluding carboxylic acids is 3. The average molecular weight is 1280 g/mol. The summed E-state index contributed by atoms with van der Waals surface area (Å²) in [6, 6.07) is 0. The van der Waals surface area contributed by atoms with E-state index >= 15 is 0 Å². The molecular weight excluding hydrogens is 1130 g/mol. The lowest BCUT2D eigenvalue weighted by atomic mass is 10.0. The molecule has 2 atom stereocenters. The van der Waals surface area contributed by atoms with Gasteiger partial charge in [-0.05, 0) is 83.5 Å². The van der Waals surface area contributed by atoms with Crippen molar-refractivity contribution in [3.8, 4) is 0 Å². The first-order valence-electron chi connectivity index (χ1n) is 39.1. The summed E-state index contributed by atoms with van der Waals surface area (Å²) in [5.41, 5.74) is 0. The van der Waals surface area contributed by atoms with Crippen LogP contribution in [0.15, 0.2) is 72.9 Å². The van der Waals surface area contributed by atoms with E-state index in [1.54, 1.807) is 0 Å². The molecule has 0 N–H and O–H groups in total. The second-order valence-corrected chi connectivity index (χ2v) is 27.6. The van der Waals surface area contributed by atoms with Gasteiger partial charge in [-0.25, -0.2) is 0 Å². The zero-order chi connectivity index (χ0) is 66.1. The molecule has 0 saturated heterocycles.